The second-order valence-electron chi connectivity index (χ2n) is 10.1. The molecule has 0 bridgehead atoms. The monoisotopic (exact) mass is 498 g/mol. The van der Waals surface area contributed by atoms with Crippen molar-refractivity contribution in [1.82, 2.24) is 4.90 Å². The first-order valence-electron chi connectivity index (χ1n) is 12.8. The summed E-state index contributed by atoms with van der Waals surface area (Å²) in [6.07, 6.45) is 2.32. The molecule has 0 aromatic heterocycles. The summed E-state index contributed by atoms with van der Waals surface area (Å²) in [6.45, 7) is 5.67. The van der Waals surface area contributed by atoms with Gasteiger partial charge in [0.05, 0.1) is 5.56 Å². The molecule has 6 heteroatoms. The maximum atomic E-state index is 13.2. The van der Waals surface area contributed by atoms with Gasteiger partial charge in [0.2, 0.25) is 0 Å². The summed E-state index contributed by atoms with van der Waals surface area (Å²) in [4.78, 5) is 39.6. The first-order chi connectivity index (χ1) is 17.8. The van der Waals surface area contributed by atoms with Gasteiger partial charge in [-0.2, -0.15) is 0 Å². The standard InChI is InChI=1S/C31H34N2O4/c1-21(2)18-22-10-12-24(13-11-22)29(34)25-14-16-33(17-15-25)31(36)26-7-5-6-23(19-26)20-37-28-9-4-3-8-27(28)30(32)35/h3-13,19,21,25H,14-18,20H2,1-2H3,(H2,32,35). The molecule has 0 unspecified atom stereocenters. The van der Waals surface area contributed by atoms with Crippen LogP contribution >= 0.6 is 0 Å². The third kappa shape index (κ3) is 6.64. The maximum Gasteiger partial charge on any atom is 0.253 e. The number of nitrogens with two attached hydrogens (primary N) is 1. The third-order valence-corrected chi connectivity index (χ3v) is 6.76. The highest BCUT2D eigenvalue weighted by Gasteiger charge is 2.28. The molecular formula is C31H34N2O4. The molecule has 37 heavy (non-hydrogen) atoms. The average Bonchev–Trinajstić information content (AvgIpc) is 2.91. The minimum atomic E-state index is -0.551. The predicted molar refractivity (Wildman–Crippen MR) is 144 cm³/mol. The fourth-order valence-electron chi connectivity index (χ4n) is 4.79. The van der Waals surface area contributed by atoms with Gasteiger partial charge in [0.25, 0.3) is 11.8 Å². The normalized spacial score (nSPS) is 14.0. The number of ketones is 1. The number of amides is 2. The molecule has 6 nitrogen and oxygen atoms in total. The summed E-state index contributed by atoms with van der Waals surface area (Å²) in [5, 5.41) is 0. The van der Waals surface area contributed by atoms with Crippen molar-refractivity contribution < 1.29 is 19.1 Å². The van der Waals surface area contributed by atoms with Gasteiger partial charge in [-0.15, -0.1) is 0 Å². The molecule has 1 saturated heterocycles. The van der Waals surface area contributed by atoms with E-state index in [0.717, 1.165) is 17.5 Å². The molecule has 0 radical (unpaired) electrons. The number of primary amides is 1. The van der Waals surface area contributed by atoms with E-state index in [2.05, 4.69) is 26.0 Å². The van der Waals surface area contributed by atoms with Crippen molar-refractivity contribution in [2.45, 2.75) is 39.7 Å². The molecule has 2 amide bonds. The van der Waals surface area contributed by atoms with Crippen molar-refractivity contribution in [2.75, 3.05) is 13.1 Å². The molecule has 1 aliphatic heterocycles. The number of benzene rings is 3. The summed E-state index contributed by atoms with van der Waals surface area (Å²) < 4.78 is 5.81. The van der Waals surface area contributed by atoms with Crippen molar-refractivity contribution in [3.05, 3.63) is 101 Å². The number of piperidine rings is 1. The van der Waals surface area contributed by atoms with Crippen LogP contribution in [0.4, 0.5) is 0 Å². The summed E-state index contributed by atoms with van der Waals surface area (Å²) in [7, 11) is 0. The number of nitrogens with zero attached hydrogens (tertiary/aromatic N) is 1. The van der Waals surface area contributed by atoms with E-state index in [9.17, 15) is 14.4 Å². The van der Waals surface area contributed by atoms with Crippen LogP contribution in [0.3, 0.4) is 0 Å². The Bertz CT molecular complexity index is 1260. The van der Waals surface area contributed by atoms with E-state index in [-0.39, 0.29) is 24.2 Å². The van der Waals surface area contributed by atoms with Gasteiger partial charge in [0.1, 0.15) is 12.4 Å². The number of hydrogen-bond acceptors (Lipinski definition) is 4. The van der Waals surface area contributed by atoms with Crippen molar-refractivity contribution in [3.63, 3.8) is 0 Å². The molecule has 0 saturated carbocycles. The van der Waals surface area contributed by atoms with Gasteiger partial charge in [-0.05, 0) is 60.6 Å². The van der Waals surface area contributed by atoms with Gasteiger partial charge in [-0.1, -0.05) is 62.4 Å². The van der Waals surface area contributed by atoms with Gasteiger partial charge in [0, 0.05) is 30.1 Å². The lowest BCUT2D eigenvalue weighted by Crippen LogP contribution is -2.40. The zero-order chi connectivity index (χ0) is 26.4. The Labute approximate surface area is 218 Å². The van der Waals surface area contributed by atoms with Gasteiger partial charge in [-0.25, -0.2) is 0 Å². The highest BCUT2D eigenvalue weighted by Crippen LogP contribution is 2.24. The zero-order valence-corrected chi connectivity index (χ0v) is 21.5. The Morgan fingerprint density at radius 2 is 1.59 bits per heavy atom. The molecule has 1 fully saturated rings. The van der Waals surface area contributed by atoms with Crippen LogP contribution in [0.25, 0.3) is 0 Å². The Balaban J connectivity index is 1.33. The minimum Gasteiger partial charge on any atom is -0.488 e. The van der Waals surface area contributed by atoms with Crippen molar-refractivity contribution in [1.29, 1.82) is 0 Å². The smallest absolute Gasteiger partial charge is 0.253 e. The van der Waals surface area contributed by atoms with Gasteiger partial charge in [-0.3, -0.25) is 14.4 Å². The molecule has 3 aromatic carbocycles. The quantitative estimate of drug-likeness (QED) is 0.406. The molecule has 3 aromatic rings. The van der Waals surface area contributed by atoms with E-state index < -0.39 is 5.91 Å². The van der Waals surface area contributed by atoms with E-state index in [4.69, 9.17) is 10.5 Å². The van der Waals surface area contributed by atoms with E-state index in [1.807, 2.05) is 35.2 Å². The lowest BCUT2D eigenvalue weighted by Gasteiger charge is -2.31. The summed E-state index contributed by atoms with van der Waals surface area (Å²) >= 11 is 0. The summed E-state index contributed by atoms with van der Waals surface area (Å²) in [5.74, 6) is 0.486. The van der Waals surface area contributed by atoms with Crippen LogP contribution in [0.2, 0.25) is 0 Å². The number of para-hydroxylation sites is 1. The Morgan fingerprint density at radius 1 is 0.892 bits per heavy atom. The lowest BCUT2D eigenvalue weighted by atomic mass is 9.88. The fourth-order valence-corrected chi connectivity index (χ4v) is 4.79. The molecular weight excluding hydrogens is 464 g/mol. The van der Waals surface area contributed by atoms with Crippen molar-refractivity contribution in [3.8, 4) is 5.75 Å². The van der Waals surface area contributed by atoms with Crippen molar-refractivity contribution in [2.24, 2.45) is 17.6 Å². The molecule has 0 atom stereocenters. The Kier molecular flexibility index (Phi) is 8.39. The number of carbonyl (C=O) groups excluding carboxylic acids is 3. The van der Waals surface area contributed by atoms with E-state index >= 15 is 0 Å². The third-order valence-electron chi connectivity index (χ3n) is 6.76. The van der Waals surface area contributed by atoms with E-state index in [1.54, 1.807) is 30.3 Å². The molecule has 1 aliphatic rings. The molecule has 2 N–H and O–H groups in total. The second kappa shape index (κ2) is 11.9. The summed E-state index contributed by atoms with van der Waals surface area (Å²) in [5.41, 5.74) is 9.13. The predicted octanol–water partition coefficient (Wildman–Crippen LogP) is 5.30. The number of carbonyl (C=O) groups is 3. The highest BCUT2D eigenvalue weighted by atomic mass is 16.5. The molecule has 192 valence electrons. The largest absolute Gasteiger partial charge is 0.488 e. The number of hydrogen-bond donors (Lipinski definition) is 1. The SMILES string of the molecule is CC(C)Cc1ccc(C(=O)C2CCN(C(=O)c3cccc(COc4ccccc4C(N)=O)c3)CC2)cc1. The fraction of sp³-hybridized carbons (Fsp3) is 0.323. The molecule has 0 aliphatic carbocycles. The first kappa shape index (κ1) is 26.1. The zero-order valence-electron chi connectivity index (χ0n) is 21.5. The molecule has 1 heterocycles. The van der Waals surface area contributed by atoms with Crippen LogP contribution in [0.5, 0.6) is 5.75 Å². The maximum absolute atomic E-state index is 13.2. The molecule has 0 spiro atoms. The summed E-state index contributed by atoms with van der Waals surface area (Å²) in [6, 6.07) is 22.1. The first-order valence-corrected chi connectivity index (χ1v) is 12.8. The van der Waals surface area contributed by atoms with Gasteiger partial charge >= 0.3 is 0 Å². The van der Waals surface area contributed by atoms with Gasteiger partial charge in [0.15, 0.2) is 5.78 Å². The Morgan fingerprint density at radius 3 is 2.27 bits per heavy atom. The van der Waals surface area contributed by atoms with Crippen LogP contribution in [-0.2, 0) is 13.0 Å². The molecule has 4 rings (SSSR count). The average molecular weight is 499 g/mol. The van der Waals surface area contributed by atoms with Crippen LogP contribution < -0.4 is 10.5 Å². The minimum absolute atomic E-state index is 0.0525. The van der Waals surface area contributed by atoms with Crippen molar-refractivity contribution >= 4 is 17.6 Å². The number of Topliss-reactive ketones (excluding diaryl/α,β-unsaturated/α-hetero) is 1. The van der Waals surface area contributed by atoms with Gasteiger partial charge < -0.3 is 15.4 Å². The highest BCUT2D eigenvalue weighted by molar-refractivity contribution is 5.98. The second-order valence-corrected chi connectivity index (χ2v) is 10.1. The van der Waals surface area contributed by atoms with Crippen LogP contribution in [-0.4, -0.2) is 35.6 Å². The van der Waals surface area contributed by atoms with E-state index in [0.29, 0.717) is 48.7 Å². The topological polar surface area (TPSA) is 89.7 Å². The lowest BCUT2D eigenvalue weighted by molar-refractivity contribution is 0.0650. The van der Waals surface area contributed by atoms with E-state index in [1.165, 1.54) is 5.56 Å². The van der Waals surface area contributed by atoms with Crippen LogP contribution in [0, 0.1) is 11.8 Å². The van der Waals surface area contributed by atoms with Crippen LogP contribution in [0.15, 0.2) is 72.8 Å². The number of likely N-dealkylation sites (tertiary alicyclic amines) is 1. The van der Waals surface area contributed by atoms with Crippen LogP contribution in [0.1, 0.15) is 68.9 Å². The number of rotatable bonds is 9. The Hall–Kier alpha value is -3.93. The number of ether oxygens (including phenoxy) is 1.